The number of aromatic nitrogens is 3. The zero-order chi connectivity index (χ0) is 11.9. The highest BCUT2D eigenvalue weighted by Crippen LogP contribution is 2.21. The van der Waals surface area contributed by atoms with Crippen molar-refractivity contribution in [3.63, 3.8) is 0 Å². The van der Waals surface area contributed by atoms with Crippen molar-refractivity contribution in [2.24, 2.45) is 0 Å². The first-order chi connectivity index (χ1) is 7.41. The number of nitrogens with one attached hydrogen (secondary N) is 1. The van der Waals surface area contributed by atoms with E-state index in [2.05, 4.69) is 43.8 Å². The van der Waals surface area contributed by atoms with Crippen LogP contribution in [0, 0.1) is 4.64 Å². The third-order valence-electron chi connectivity index (χ3n) is 2.67. The van der Waals surface area contributed by atoms with Gasteiger partial charge in [0.25, 0.3) is 0 Å². The Bertz CT molecular complexity index is 572. The number of aryl methyl sites for hydroxylation is 1. The van der Waals surface area contributed by atoms with E-state index >= 15 is 0 Å². The van der Waals surface area contributed by atoms with E-state index in [-0.39, 0.29) is 5.41 Å². The molecule has 86 valence electrons. The molecule has 3 nitrogen and oxygen atoms in total. The molecule has 0 amide bonds. The molecular formula is C12H17N3S. The summed E-state index contributed by atoms with van der Waals surface area (Å²) in [5, 5.41) is 3.31. The minimum atomic E-state index is 0.0852. The Labute approximate surface area is 101 Å². The fourth-order valence-electron chi connectivity index (χ4n) is 1.61. The minimum Gasteiger partial charge on any atom is -0.295 e. The molecular weight excluding hydrogens is 218 g/mol. The normalized spacial score (nSPS) is 12.2. The average Bonchev–Trinajstić information content (AvgIpc) is 2.61. The Morgan fingerprint density at radius 2 is 2.06 bits per heavy atom. The second-order valence-corrected chi connectivity index (χ2v) is 5.47. The van der Waals surface area contributed by atoms with Crippen LogP contribution in [0.4, 0.5) is 0 Å². The monoisotopic (exact) mass is 235 g/mol. The van der Waals surface area contributed by atoms with Crippen LogP contribution in [0.2, 0.25) is 0 Å². The van der Waals surface area contributed by atoms with E-state index in [1.807, 2.05) is 10.6 Å². The van der Waals surface area contributed by atoms with E-state index in [0.29, 0.717) is 0 Å². The van der Waals surface area contributed by atoms with Gasteiger partial charge in [0.05, 0.1) is 0 Å². The third-order valence-corrected chi connectivity index (χ3v) is 2.97. The number of rotatable bonds is 1. The van der Waals surface area contributed by atoms with E-state index in [4.69, 9.17) is 12.2 Å². The van der Waals surface area contributed by atoms with Gasteiger partial charge in [-0.05, 0) is 12.5 Å². The first kappa shape index (κ1) is 11.3. The van der Waals surface area contributed by atoms with Gasteiger partial charge in [0, 0.05) is 22.9 Å². The molecule has 0 saturated heterocycles. The maximum absolute atomic E-state index is 5.34. The molecule has 0 unspecified atom stereocenters. The van der Waals surface area contributed by atoms with Gasteiger partial charge in [-0.25, -0.2) is 9.50 Å². The molecule has 2 heterocycles. The average molecular weight is 235 g/mol. The summed E-state index contributed by atoms with van der Waals surface area (Å²) in [5.74, 6) is 0. The van der Waals surface area contributed by atoms with Gasteiger partial charge in [0.1, 0.15) is 4.64 Å². The molecule has 0 radical (unpaired) electrons. The maximum atomic E-state index is 5.34. The quantitative estimate of drug-likeness (QED) is 0.770. The van der Waals surface area contributed by atoms with Crippen LogP contribution in [0.3, 0.4) is 0 Å². The van der Waals surface area contributed by atoms with Crippen LogP contribution in [0.1, 0.15) is 39.1 Å². The number of hydrogen-bond acceptors (Lipinski definition) is 2. The molecule has 4 heteroatoms. The van der Waals surface area contributed by atoms with E-state index < -0.39 is 0 Å². The van der Waals surface area contributed by atoms with Crippen molar-refractivity contribution in [3.05, 3.63) is 28.2 Å². The van der Waals surface area contributed by atoms with Crippen molar-refractivity contribution >= 4 is 17.9 Å². The lowest BCUT2D eigenvalue weighted by molar-refractivity contribution is 0.562. The minimum absolute atomic E-state index is 0.0852. The summed E-state index contributed by atoms with van der Waals surface area (Å²) in [6.07, 6.45) is 0.913. The van der Waals surface area contributed by atoms with Crippen molar-refractivity contribution in [2.45, 2.75) is 39.5 Å². The van der Waals surface area contributed by atoms with Crippen LogP contribution in [0.25, 0.3) is 5.65 Å². The van der Waals surface area contributed by atoms with Gasteiger partial charge in [-0.1, -0.05) is 39.9 Å². The standard InChI is InChI=1S/C12H17N3S/c1-5-8-6-11(16)15-10(13-8)7-9(14-15)12(2,3)4/h6-7,14H,5H2,1-4H3. The molecule has 2 aromatic heterocycles. The molecule has 0 fully saturated rings. The summed E-state index contributed by atoms with van der Waals surface area (Å²) in [4.78, 5) is 4.55. The Hall–Kier alpha value is -1.16. The van der Waals surface area contributed by atoms with Crippen LogP contribution in [-0.4, -0.2) is 14.6 Å². The van der Waals surface area contributed by atoms with Gasteiger partial charge in [-0.2, -0.15) is 0 Å². The summed E-state index contributed by atoms with van der Waals surface area (Å²) in [6.45, 7) is 8.59. The van der Waals surface area contributed by atoms with Crippen LogP contribution in [-0.2, 0) is 11.8 Å². The highest BCUT2D eigenvalue weighted by atomic mass is 32.1. The first-order valence-electron chi connectivity index (χ1n) is 5.54. The molecule has 0 saturated carbocycles. The van der Waals surface area contributed by atoms with E-state index in [9.17, 15) is 0 Å². The summed E-state index contributed by atoms with van der Waals surface area (Å²) in [7, 11) is 0. The molecule has 2 aromatic rings. The molecule has 0 aromatic carbocycles. The van der Waals surface area contributed by atoms with E-state index in [0.717, 1.165) is 28.1 Å². The summed E-state index contributed by atoms with van der Waals surface area (Å²) >= 11 is 5.34. The lowest BCUT2D eigenvalue weighted by Crippen LogP contribution is -2.11. The van der Waals surface area contributed by atoms with E-state index in [1.165, 1.54) is 0 Å². The summed E-state index contributed by atoms with van der Waals surface area (Å²) in [5.41, 5.74) is 3.19. The molecule has 2 rings (SSSR count). The smallest absolute Gasteiger partial charge is 0.154 e. The van der Waals surface area contributed by atoms with Crippen LogP contribution < -0.4 is 0 Å². The molecule has 0 aliphatic heterocycles. The van der Waals surface area contributed by atoms with Crippen molar-refractivity contribution in [1.29, 1.82) is 0 Å². The van der Waals surface area contributed by atoms with Crippen molar-refractivity contribution in [2.75, 3.05) is 0 Å². The molecule has 16 heavy (non-hydrogen) atoms. The van der Waals surface area contributed by atoms with Crippen molar-refractivity contribution in [1.82, 2.24) is 14.6 Å². The fourth-order valence-corrected chi connectivity index (χ4v) is 1.88. The first-order valence-corrected chi connectivity index (χ1v) is 5.95. The number of hydrogen-bond donors (Lipinski definition) is 1. The molecule has 0 aliphatic carbocycles. The SMILES string of the molecule is CCc1cc(=S)n2[nH]c(C(C)(C)C)cc2n1. The number of aromatic amines is 1. The number of fused-ring (bicyclic) bond motifs is 1. The summed E-state index contributed by atoms with van der Waals surface area (Å²) in [6, 6.07) is 4.03. The molecule has 0 atom stereocenters. The molecule has 1 N–H and O–H groups in total. The Morgan fingerprint density at radius 3 is 2.62 bits per heavy atom. The molecule has 0 spiro atoms. The van der Waals surface area contributed by atoms with Gasteiger partial charge >= 0.3 is 0 Å². The Morgan fingerprint density at radius 1 is 1.38 bits per heavy atom. The highest BCUT2D eigenvalue weighted by Gasteiger charge is 2.17. The van der Waals surface area contributed by atoms with Gasteiger partial charge in [-0.3, -0.25) is 5.10 Å². The van der Waals surface area contributed by atoms with Crippen molar-refractivity contribution < 1.29 is 0 Å². The zero-order valence-electron chi connectivity index (χ0n) is 10.2. The zero-order valence-corrected chi connectivity index (χ0v) is 11.0. The van der Waals surface area contributed by atoms with Gasteiger partial charge < -0.3 is 0 Å². The molecule has 0 bridgehead atoms. The lowest BCUT2D eigenvalue weighted by Gasteiger charge is -2.14. The van der Waals surface area contributed by atoms with Gasteiger partial charge in [0.15, 0.2) is 5.65 Å². The van der Waals surface area contributed by atoms with Crippen molar-refractivity contribution in [3.8, 4) is 0 Å². The maximum Gasteiger partial charge on any atom is 0.154 e. The largest absolute Gasteiger partial charge is 0.295 e. The lowest BCUT2D eigenvalue weighted by atomic mass is 9.93. The van der Waals surface area contributed by atoms with Gasteiger partial charge in [-0.15, -0.1) is 0 Å². The number of H-pyrrole nitrogens is 1. The predicted octanol–water partition coefficient (Wildman–Crippen LogP) is 3.25. The van der Waals surface area contributed by atoms with Crippen LogP contribution in [0.15, 0.2) is 12.1 Å². The Balaban J connectivity index is 2.71. The fraction of sp³-hybridized carbons (Fsp3) is 0.500. The van der Waals surface area contributed by atoms with E-state index in [1.54, 1.807) is 0 Å². The Kier molecular flexibility index (Phi) is 2.62. The topological polar surface area (TPSA) is 33.1 Å². The van der Waals surface area contributed by atoms with Crippen LogP contribution >= 0.6 is 12.2 Å². The second-order valence-electron chi connectivity index (χ2n) is 5.05. The predicted molar refractivity (Wildman–Crippen MR) is 68.5 cm³/mol. The highest BCUT2D eigenvalue weighted by molar-refractivity contribution is 7.71. The molecule has 0 aliphatic rings. The summed E-state index contributed by atoms with van der Waals surface area (Å²) < 4.78 is 2.66. The van der Waals surface area contributed by atoms with Crippen LogP contribution in [0.5, 0.6) is 0 Å². The third kappa shape index (κ3) is 1.89. The second kappa shape index (κ2) is 3.70. The number of nitrogens with zero attached hydrogens (tertiary/aromatic N) is 2. The van der Waals surface area contributed by atoms with Gasteiger partial charge in [0.2, 0.25) is 0 Å².